The number of hydrogen-bond acceptors (Lipinski definition) is 16. The molecule has 1 atom stereocenters. The highest BCUT2D eigenvalue weighted by atomic mass is 32.1. The van der Waals surface area contributed by atoms with Crippen LogP contribution in [0.15, 0.2) is 91.3 Å². The molecular weight excluding hydrogens is 833 g/mol. The number of benzene rings is 3. The summed E-state index contributed by atoms with van der Waals surface area (Å²) in [4.78, 5) is 63.3. The lowest BCUT2D eigenvalue weighted by Gasteiger charge is -2.32. The van der Waals surface area contributed by atoms with Gasteiger partial charge >= 0.3 is 23.9 Å². The van der Waals surface area contributed by atoms with Crippen LogP contribution < -0.4 is 5.32 Å². The van der Waals surface area contributed by atoms with E-state index in [0.717, 1.165) is 0 Å². The molecule has 0 radical (unpaired) electrons. The van der Waals surface area contributed by atoms with Crippen LogP contribution in [0, 0.1) is 19.9 Å². The van der Waals surface area contributed by atoms with Crippen molar-refractivity contribution in [2.45, 2.75) is 18.9 Å². The maximum atomic E-state index is 13.7. The number of fused-ring (bicyclic) bond motifs is 4. The number of aromatic amines is 3. The summed E-state index contributed by atoms with van der Waals surface area (Å²) in [5.74, 6) is -3.22. The summed E-state index contributed by atoms with van der Waals surface area (Å²) in [5, 5.41) is 3.12. The molecule has 20 heteroatoms. The zero-order valence-electron chi connectivity index (χ0n) is 29.9. The van der Waals surface area contributed by atoms with Crippen LogP contribution in [0.25, 0.3) is 33.3 Å². The van der Waals surface area contributed by atoms with Gasteiger partial charge in [0.15, 0.2) is 22.4 Å². The first-order chi connectivity index (χ1) is 27.7. The molecular formula is C38H28N4O12S4. The summed E-state index contributed by atoms with van der Waals surface area (Å²) in [6.45, 7) is -0.527. The van der Waals surface area contributed by atoms with Gasteiger partial charge in [0.1, 0.15) is 31.8 Å². The quantitative estimate of drug-likeness (QED) is 0.0537. The van der Waals surface area contributed by atoms with Crippen LogP contribution in [-0.4, -0.2) is 76.0 Å². The number of aromatic nitrogens is 3. The normalized spacial score (nSPS) is 16.3. The van der Waals surface area contributed by atoms with Crippen molar-refractivity contribution < 1.29 is 56.1 Å². The van der Waals surface area contributed by atoms with Crippen LogP contribution in [0.3, 0.4) is 0 Å². The molecule has 2 aliphatic rings. The Morgan fingerprint density at radius 2 is 1.02 bits per heavy atom. The van der Waals surface area contributed by atoms with E-state index in [-0.39, 0.29) is 48.4 Å². The minimum Gasteiger partial charge on any atom is -0.461 e. The summed E-state index contributed by atoms with van der Waals surface area (Å²) in [5.41, 5.74) is 1.13. The Morgan fingerprint density at radius 1 is 0.621 bits per heavy atom. The Balaban J connectivity index is 1.09. The standard InChI is InChI=1S/C38H28N4O12S4/c1-37-13-21(5-9-28(37)42-36(58)54-37)32(46)50-17-38(14-47-29(43)18-2-6-22-25(10-18)51-33(55)39-22,15-48-30(44)19-3-7-23-26(11-19)52-34(56)40-23)16-49-31(45)20-4-8-24-27(12-20)53-35(57)41-24/h2-12H,13-17H2,1H3,(H,39,55)(H,40,56)(H,41,57)(H,42,58). The largest absolute Gasteiger partial charge is 0.461 e. The molecule has 1 fully saturated rings. The average molecular weight is 861 g/mol. The highest BCUT2D eigenvalue weighted by molar-refractivity contribution is 7.80. The number of rotatable bonds is 12. The first kappa shape index (κ1) is 38.6. The van der Waals surface area contributed by atoms with Gasteiger partial charge in [-0.1, -0.05) is 0 Å². The fourth-order valence-corrected chi connectivity index (χ4v) is 7.20. The number of ether oxygens (including phenoxy) is 5. The highest BCUT2D eigenvalue weighted by Gasteiger charge is 2.44. The number of hydrogen-bond donors (Lipinski definition) is 4. The lowest BCUT2D eigenvalue weighted by molar-refractivity contribution is -0.147. The molecule has 0 bridgehead atoms. The van der Waals surface area contributed by atoms with E-state index in [1.165, 1.54) is 36.4 Å². The van der Waals surface area contributed by atoms with Crippen LogP contribution in [0.2, 0.25) is 0 Å². The van der Waals surface area contributed by atoms with Gasteiger partial charge in [-0.25, -0.2) is 19.2 Å². The lowest BCUT2D eigenvalue weighted by Crippen LogP contribution is -2.44. The van der Waals surface area contributed by atoms with Gasteiger partial charge in [0, 0.05) is 12.0 Å². The summed E-state index contributed by atoms with van der Waals surface area (Å²) in [6, 6.07) is 13.5. The molecule has 0 saturated carbocycles. The van der Waals surface area contributed by atoms with E-state index in [4.69, 9.17) is 85.8 Å². The molecule has 3 aromatic heterocycles. The third-order valence-electron chi connectivity index (χ3n) is 9.37. The lowest BCUT2D eigenvalue weighted by atomic mass is 9.88. The predicted octanol–water partition coefficient (Wildman–Crippen LogP) is 7.38. The zero-order chi connectivity index (χ0) is 40.8. The molecule has 3 aromatic carbocycles. The molecule has 1 saturated heterocycles. The molecule has 0 spiro atoms. The van der Waals surface area contributed by atoms with Gasteiger partial charge in [-0.3, -0.25) is 0 Å². The number of carbonyl (C=O) groups excluding carboxylic acids is 4. The Hall–Kier alpha value is -6.22. The van der Waals surface area contributed by atoms with Gasteiger partial charge in [-0.05, 0) is 123 Å². The Morgan fingerprint density at radius 3 is 1.43 bits per heavy atom. The molecule has 16 nitrogen and oxygen atoms in total. The van der Waals surface area contributed by atoms with Gasteiger partial charge in [-0.2, -0.15) is 0 Å². The van der Waals surface area contributed by atoms with E-state index >= 15 is 0 Å². The van der Waals surface area contributed by atoms with Gasteiger partial charge < -0.3 is 57.2 Å². The smallest absolute Gasteiger partial charge is 0.338 e. The first-order valence-corrected chi connectivity index (χ1v) is 18.9. The van der Waals surface area contributed by atoms with Crippen molar-refractivity contribution in [2.75, 3.05) is 26.4 Å². The number of carbonyl (C=O) groups is 4. The molecule has 6 aromatic rings. The third kappa shape index (κ3) is 7.99. The molecule has 8 rings (SSSR count). The molecule has 4 heterocycles. The van der Waals surface area contributed by atoms with Crippen molar-refractivity contribution in [3.05, 3.63) is 109 Å². The molecule has 1 unspecified atom stereocenters. The SMILES string of the molecule is CC12CC(C(=O)OCC(COC(=O)c3ccc4[nH]c(=S)oc4c3)(COC(=O)c3ccc4[nH]c(=S)oc4c3)COC(=O)c3ccc4[nH]c(=S)oc4c3)=CC=C1NC(=S)O2. The minimum absolute atomic E-state index is 0.0887. The second-order valence-electron chi connectivity index (χ2n) is 13.7. The number of oxazole rings is 3. The Kier molecular flexibility index (Phi) is 10.2. The first-order valence-electron chi connectivity index (χ1n) is 17.2. The van der Waals surface area contributed by atoms with Crippen LogP contribution >= 0.6 is 48.9 Å². The van der Waals surface area contributed by atoms with E-state index in [2.05, 4.69) is 20.3 Å². The number of thiocarbonyl (C=S) groups is 1. The van der Waals surface area contributed by atoms with E-state index in [1.807, 2.05) is 0 Å². The maximum absolute atomic E-state index is 13.7. The number of allylic oxidation sites excluding steroid dienone is 2. The van der Waals surface area contributed by atoms with E-state index in [9.17, 15) is 19.2 Å². The number of H-pyrrole nitrogens is 3. The number of nitrogens with one attached hydrogen (secondary N) is 4. The minimum atomic E-state index is -1.69. The van der Waals surface area contributed by atoms with Crippen molar-refractivity contribution in [1.29, 1.82) is 0 Å². The van der Waals surface area contributed by atoms with Crippen molar-refractivity contribution in [1.82, 2.24) is 20.3 Å². The predicted molar refractivity (Wildman–Crippen MR) is 214 cm³/mol. The highest BCUT2D eigenvalue weighted by Crippen LogP contribution is 2.36. The van der Waals surface area contributed by atoms with Gasteiger partial charge in [0.2, 0.25) is 0 Å². The van der Waals surface area contributed by atoms with Crippen LogP contribution in [-0.2, 0) is 28.5 Å². The van der Waals surface area contributed by atoms with Crippen LogP contribution in [0.1, 0.15) is 44.4 Å². The van der Waals surface area contributed by atoms with Crippen molar-refractivity contribution in [2.24, 2.45) is 5.41 Å². The molecule has 1 aliphatic heterocycles. The van der Waals surface area contributed by atoms with Crippen molar-refractivity contribution in [3.8, 4) is 0 Å². The zero-order valence-corrected chi connectivity index (χ0v) is 33.2. The fraction of sp³-hybridized carbons (Fsp3) is 0.211. The second-order valence-corrected chi connectivity index (χ2v) is 15.2. The van der Waals surface area contributed by atoms with E-state index < -0.39 is 61.3 Å². The summed E-state index contributed by atoms with van der Waals surface area (Å²) < 4.78 is 45.4. The second kappa shape index (κ2) is 15.3. The molecule has 58 heavy (non-hydrogen) atoms. The van der Waals surface area contributed by atoms with Gasteiger partial charge in [-0.15, -0.1) is 0 Å². The van der Waals surface area contributed by atoms with Crippen molar-refractivity contribution in [3.63, 3.8) is 0 Å². The Labute approximate surface area is 346 Å². The summed E-state index contributed by atoms with van der Waals surface area (Å²) in [7, 11) is 0. The van der Waals surface area contributed by atoms with E-state index in [1.54, 1.807) is 37.3 Å². The van der Waals surface area contributed by atoms with Gasteiger partial charge in [0.05, 0.1) is 38.9 Å². The van der Waals surface area contributed by atoms with Gasteiger partial charge in [0.25, 0.3) is 19.7 Å². The average Bonchev–Trinajstić information content (AvgIpc) is 3.96. The van der Waals surface area contributed by atoms with Crippen LogP contribution in [0.5, 0.6) is 0 Å². The molecule has 4 N–H and O–H groups in total. The summed E-state index contributed by atoms with van der Waals surface area (Å²) >= 11 is 20.4. The number of esters is 4. The van der Waals surface area contributed by atoms with E-state index in [0.29, 0.717) is 39.0 Å². The third-order valence-corrected chi connectivity index (χ3v) is 10.1. The molecule has 296 valence electrons. The summed E-state index contributed by atoms with van der Waals surface area (Å²) in [6.07, 6.45) is 3.33. The topological polar surface area (TPSA) is 213 Å². The van der Waals surface area contributed by atoms with Crippen molar-refractivity contribution >= 4 is 111 Å². The maximum Gasteiger partial charge on any atom is 0.338 e. The Bertz CT molecular complexity index is 2700. The van der Waals surface area contributed by atoms with Crippen LogP contribution in [0.4, 0.5) is 0 Å². The molecule has 0 amide bonds. The molecule has 1 aliphatic carbocycles. The fourth-order valence-electron chi connectivity index (χ4n) is 6.31. The monoisotopic (exact) mass is 860 g/mol.